The van der Waals surface area contributed by atoms with Gasteiger partial charge in [0.05, 0.1) is 0 Å². The Balaban J connectivity index is 2.20. The van der Waals surface area contributed by atoms with Crippen molar-refractivity contribution >= 4 is 0 Å². The van der Waals surface area contributed by atoms with Crippen molar-refractivity contribution in [2.24, 2.45) is 0 Å². The van der Waals surface area contributed by atoms with E-state index in [2.05, 4.69) is 0 Å². The van der Waals surface area contributed by atoms with Crippen LogP contribution >= 0.6 is 0 Å². The molecule has 0 unspecified atom stereocenters. The summed E-state index contributed by atoms with van der Waals surface area (Å²) in [4.78, 5) is 0. The Morgan fingerprint density at radius 1 is 0.571 bits per heavy atom. The maximum atomic E-state index is 10.2. The van der Waals surface area contributed by atoms with Crippen molar-refractivity contribution in [2.45, 2.75) is 5.92 Å². The monoisotopic (exact) mass is 276 g/mol. The molecule has 0 aliphatic carbocycles. The van der Waals surface area contributed by atoms with Gasteiger partial charge in [-0.3, -0.25) is 0 Å². The molecule has 3 rings (SSSR count). The maximum Gasteiger partial charge on any atom is 0.161 e. The lowest BCUT2D eigenvalue weighted by atomic mass is 9.84. The first-order valence-corrected chi connectivity index (χ1v) is 6.88. The molecule has 2 N–H and O–H groups in total. The zero-order chi connectivity index (χ0) is 14.7. The van der Waals surface area contributed by atoms with Gasteiger partial charge in [0.25, 0.3) is 0 Å². The molecule has 0 bridgehead atoms. The number of benzene rings is 3. The molecule has 2 heteroatoms. The van der Waals surface area contributed by atoms with Gasteiger partial charge in [0.2, 0.25) is 0 Å². The zero-order valence-corrected chi connectivity index (χ0v) is 11.5. The molecule has 3 aromatic carbocycles. The summed E-state index contributed by atoms with van der Waals surface area (Å²) < 4.78 is 0. The molecular formula is C19H16O2. The largest absolute Gasteiger partial charge is 0.504 e. The number of para-hydroxylation sites is 1. The number of rotatable bonds is 3. The molecular weight excluding hydrogens is 260 g/mol. The summed E-state index contributed by atoms with van der Waals surface area (Å²) in [6.07, 6.45) is 0. The molecule has 0 aromatic heterocycles. The van der Waals surface area contributed by atoms with Gasteiger partial charge in [0, 0.05) is 11.5 Å². The normalized spacial score (nSPS) is 10.7. The molecule has 0 saturated carbocycles. The highest BCUT2D eigenvalue weighted by Crippen LogP contribution is 2.40. The fraction of sp³-hybridized carbons (Fsp3) is 0.0526. The van der Waals surface area contributed by atoms with E-state index in [9.17, 15) is 10.2 Å². The first-order chi connectivity index (χ1) is 10.3. The zero-order valence-electron chi connectivity index (χ0n) is 11.5. The van der Waals surface area contributed by atoms with Gasteiger partial charge in [0.15, 0.2) is 11.5 Å². The first-order valence-electron chi connectivity index (χ1n) is 6.88. The second-order valence-electron chi connectivity index (χ2n) is 4.97. The van der Waals surface area contributed by atoms with Crippen LogP contribution in [0.15, 0.2) is 78.9 Å². The van der Waals surface area contributed by atoms with Crippen LogP contribution in [0.4, 0.5) is 0 Å². The average Bonchev–Trinajstić information content (AvgIpc) is 2.54. The van der Waals surface area contributed by atoms with E-state index in [1.54, 1.807) is 6.07 Å². The quantitative estimate of drug-likeness (QED) is 0.554. The molecule has 0 atom stereocenters. The lowest BCUT2D eigenvalue weighted by molar-refractivity contribution is 0.399. The van der Waals surface area contributed by atoms with Gasteiger partial charge in [-0.1, -0.05) is 72.8 Å². The van der Waals surface area contributed by atoms with Gasteiger partial charge < -0.3 is 10.2 Å². The Hall–Kier alpha value is -2.74. The second-order valence-corrected chi connectivity index (χ2v) is 4.97. The fourth-order valence-corrected chi connectivity index (χ4v) is 2.62. The Labute approximate surface area is 123 Å². The molecule has 0 saturated heterocycles. The molecule has 0 heterocycles. The number of phenols is 2. The highest BCUT2D eigenvalue weighted by molar-refractivity contribution is 5.53. The Kier molecular flexibility index (Phi) is 3.61. The van der Waals surface area contributed by atoms with Crippen LogP contribution in [-0.2, 0) is 0 Å². The van der Waals surface area contributed by atoms with E-state index in [0.717, 1.165) is 11.1 Å². The lowest BCUT2D eigenvalue weighted by Gasteiger charge is -2.20. The summed E-state index contributed by atoms with van der Waals surface area (Å²) >= 11 is 0. The van der Waals surface area contributed by atoms with Crippen molar-refractivity contribution in [3.8, 4) is 11.5 Å². The van der Waals surface area contributed by atoms with E-state index in [0.29, 0.717) is 5.56 Å². The van der Waals surface area contributed by atoms with Gasteiger partial charge in [-0.2, -0.15) is 0 Å². The van der Waals surface area contributed by atoms with Gasteiger partial charge >= 0.3 is 0 Å². The molecule has 3 aromatic rings. The summed E-state index contributed by atoms with van der Waals surface area (Å²) in [7, 11) is 0. The molecule has 2 nitrogen and oxygen atoms in total. The summed E-state index contributed by atoms with van der Waals surface area (Å²) in [5, 5.41) is 20.0. The molecule has 104 valence electrons. The molecule has 21 heavy (non-hydrogen) atoms. The van der Waals surface area contributed by atoms with Crippen LogP contribution < -0.4 is 0 Å². The van der Waals surface area contributed by atoms with E-state index in [-0.39, 0.29) is 17.4 Å². The van der Waals surface area contributed by atoms with Crippen molar-refractivity contribution in [3.05, 3.63) is 95.6 Å². The molecule has 0 spiro atoms. The minimum Gasteiger partial charge on any atom is -0.504 e. The third-order valence-corrected chi connectivity index (χ3v) is 3.62. The summed E-state index contributed by atoms with van der Waals surface area (Å²) in [6, 6.07) is 25.0. The third kappa shape index (κ3) is 2.61. The van der Waals surface area contributed by atoms with Crippen LogP contribution in [0, 0.1) is 0 Å². The number of hydrogen-bond acceptors (Lipinski definition) is 2. The van der Waals surface area contributed by atoms with Gasteiger partial charge in [-0.25, -0.2) is 0 Å². The average molecular weight is 276 g/mol. The predicted octanol–water partition coefficient (Wildman–Crippen LogP) is 4.28. The first kappa shape index (κ1) is 13.3. The summed E-state index contributed by atoms with van der Waals surface area (Å²) in [6.45, 7) is 0. The maximum absolute atomic E-state index is 10.2. The van der Waals surface area contributed by atoms with Crippen molar-refractivity contribution in [1.82, 2.24) is 0 Å². The van der Waals surface area contributed by atoms with E-state index >= 15 is 0 Å². The Bertz CT molecular complexity index is 682. The highest BCUT2D eigenvalue weighted by Gasteiger charge is 2.20. The van der Waals surface area contributed by atoms with E-state index in [1.807, 2.05) is 66.7 Å². The number of phenolic OH excluding ortho intramolecular Hbond substituents is 2. The molecule has 0 amide bonds. The number of aromatic hydroxyl groups is 2. The van der Waals surface area contributed by atoms with Crippen LogP contribution in [-0.4, -0.2) is 10.2 Å². The Morgan fingerprint density at radius 3 is 1.62 bits per heavy atom. The van der Waals surface area contributed by atoms with Crippen LogP contribution in [0.5, 0.6) is 11.5 Å². The SMILES string of the molecule is Oc1cccc(C(c2ccccc2)c2ccccc2)c1O. The summed E-state index contributed by atoms with van der Waals surface area (Å²) in [5.74, 6) is -0.265. The van der Waals surface area contributed by atoms with Gasteiger partial charge in [-0.05, 0) is 17.2 Å². The van der Waals surface area contributed by atoms with Crippen LogP contribution in [0.1, 0.15) is 22.6 Å². The molecule has 0 aliphatic heterocycles. The third-order valence-electron chi connectivity index (χ3n) is 3.62. The van der Waals surface area contributed by atoms with Crippen LogP contribution in [0.25, 0.3) is 0 Å². The van der Waals surface area contributed by atoms with Crippen LogP contribution in [0.3, 0.4) is 0 Å². The molecule has 0 radical (unpaired) electrons. The lowest BCUT2D eigenvalue weighted by Crippen LogP contribution is -2.03. The molecule has 0 fully saturated rings. The molecule has 0 aliphatic rings. The van der Waals surface area contributed by atoms with Crippen LogP contribution in [0.2, 0.25) is 0 Å². The fourth-order valence-electron chi connectivity index (χ4n) is 2.62. The topological polar surface area (TPSA) is 40.5 Å². The van der Waals surface area contributed by atoms with E-state index in [1.165, 1.54) is 6.07 Å². The summed E-state index contributed by atoms with van der Waals surface area (Å²) in [5.41, 5.74) is 2.85. The Morgan fingerprint density at radius 2 is 1.10 bits per heavy atom. The predicted molar refractivity (Wildman–Crippen MR) is 83.6 cm³/mol. The van der Waals surface area contributed by atoms with Gasteiger partial charge in [0.1, 0.15) is 0 Å². The minimum atomic E-state index is -0.112. The van der Waals surface area contributed by atoms with Crippen molar-refractivity contribution in [3.63, 3.8) is 0 Å². The standard InChI is InChI=1S/C19H16O2/c20-17-13-7-12-16(19(17)21)18(14-8-3-1-4-9-14)15-10-5-2-6-11-15/h1-13,18,20-21H. The smallest absolute Gasteiger partial charge is 0.161 e. The minimum absolute atomic E-state index is 0.0600. The van der Waals surface area contributed by atoms with Gasteiger partial charge in [-0.15, -0.1) is 0 Å². The van der Waals surface area contributed by atoms with E-state index in [4.69, 9.17) is 0 Å². The van der Waals surface area contributed by atoms with Crippen molar-refractivity contribution in [2.75, 3.05) is 0 Å². The van der Waals surface area contributed by atoms with Crippen molar-refractivity contribution in [1.29, 1.82) is 0 Å². The van der Waals surface area contributed by atoms with E-state index < -0.39 is 0 Å². The van der Waals surface area contributed by atoms with Crippen molar-refractivity contribution < 1.29 is 10.2 Å². The highest BCUT2D eigenvalue weighted by atomic mass is 16.3. The number of hydrogen-bond donors (Lipinski definition) is 2. The second kappa shape index (κ2) is 5.71.